The van der Waals surface area contributed by atoms with Gasteiger partial charge in [0.25, 0.3) is 0 Å². The van der Waals surface area contributed by atoms with Gasteiger partial charge in [-0.15, -0.1) is 0 Å². The molecule has 3 aliphatic rings. The molecule has 3 aliphatic heterocycles. The number of halogens is 6. The molecule has 4 heterocycles. The number of piperidine rings is 1. The smallest absolute Gasteiger partial charge is 0.357 e. The summed E-state index contributed by atoms with van der Waals surface area (Å²) in [7, 11) is 0. The van der Waals surface area contributed by atoms with Gasteiger partial charge in [-0.25, -0.2) is 10.9 Å². The Morgan fingerprint density at radius 2 is 1.66 bits per heavy atom. The van der Waals surface area contributed by atoms with E-state index in [1.807, 2.05) is 0 Å². The summed E-state index contributed by atoms with van der Waals surface area (Å²) in [5, 5.41) is 6.15. The van der Waals surface area contributed by atoms with E-state index < -0.39 is 54.6 Å². The topological polar surface area (TPSA) is 79.5 Å². The zero-order valence-electron chi connectivity index (χ0n) is 22.3. The summed E-state index contributed by atoms with van der Waals surface area (Å²) in [5.41, 5.74) is 3.87. The van der Waals surface area contributed by atoms with Gasteiger partial charge in [-0.2, -0.15) is 26.3 Å². The molecular weight excluding hydrogens is 552 g/mol. The number of rotatable bonds is 4. The molecule has 7 atom stereocenters. The van der Waals surface area contributed by atoms with Crippen molar-refractivity contribution in [3.63, 3.8) is 0 Å². The molecule has 4 bridgehead atoms. The van der Waals surface area contributed by atoms with Gasteiger partial charge in [-0.1, -0.05) is 55.7 Å². The van der Waals surface area contributed by atoms with E-state index in [0.717, 1.165) is 0 Å². The fourth-order valence-corrected chi connectivity index (χ4v) is 5.97. The lowest BCUT2D eigenvalue weighted by molar-refractivity contribution is -0.320. The summed E-state index contributed by atoms with van der Waals surface area (Å²) >= 11 is 0. The molecule has 41 heavy (non-hydrogen) atoms. The van der Waals surface area contributed by atoms with Crippen LogP contribution in [0.2, 0.25) is 0 Å². The summed E-state index contributed by atoms with van der Waals surface area (Å²) in [6.45, 7) is -0.282. The van der Waals surface area contributed by atoms with Gasteiger partial charge in [0.05, 0.1) is 30.4 Å². The van der Waals surface area contributed by atoms with Crippen molar-refractivity contribution in [3.8, 4) is 0 Å². The maximum atomic E-state index is 14.9. The predicted molar refractivity (Wildman–Crippen MR) is 138 cm³/mol. The molecule has 3 saturated heterocycles. The minimum Gasteiger partial charge on any atom is -0.357 e. The van der Waals surface area contributed by atoms with Crippen molar-refractivity contribution in [1.82, 2.24) is 26.5 Å². The van der Waals surface area contributed by atoms with E-state index in [0.29, 0.717) is 30.5 Å². The Kier molecular flexibility index (Phi) is 9.22. The van der Waals surface area contributed by atoms with Crippen LogP contribution >= 0.6 is 0 Å². The van der Waals surface area contributed by atoms with Crippen molar-refractivity contribution in [1.29, 1.82) is 0 Å². The number of hydrogen-bond donors (Lipinski definition) is 4. The molecule has 5 rings (SSSR count). The Morgan fingerprint density at radius 3 is 2.37 bits per heavy atom. The highest BCUT2D eigenvalue weighted by Crippen LogP contribution is 2.44. The van der Waals surface area contributed by atoms with Crippen LogP contribution in [0.25, 0.3) is 0 Å². The predicted octanol–water partition coefficient (Wildman–Crippen LogP) is 5.23. The molecule has 1 aromatic carbocycles. The monoisotopic (exact) mass is 587 g/mol. The molecule has 0 radical (unpaired) electrons. The fourth-order valence-electron chi connectivity index (χ4n) is 5.97. The molecule has 0 saturated carbocycles. The third-order valence-corrected chi connectivity index (χ3v) is 8.22. The second-order valence-electron chi connectivity index (χ2n) is 10.9. The number of aromatic nitrogens is 1. The average molecular weight is 588 g/mol. The highest BCUT2D eigenvalue weighted by molar-refractivity contribution is 5.14. The lowest BCUT2D eigenvalue weighted by Gasteiger charge is -2.43. The maximum Gasteiger partial charge on any atom is 0.421 e. The first-order valence-corrected chi connectivity index (χ1v) is 14.0. The highest BCUT2D eigenvalue weighted by Gasteiger charge is 2.63. The van der Waals surface area contributed by atoms with Gasteiger partial charge in [-0.3, -0.25) is 15.6 Å². The average Bonchev–Trinajstić information content (AvgIpc) is 3.44. The summed E-state index contributed by atoms with van der Waals surface area (Å²) < 4.78 is 98.6. The van der Waals surface area contributed by atoms with Crippen LogP contribution in [0, 0.1) is 5.92 Å². The van der Waals surface area contributed by atoms with Crippen LogP contribution < -0.4 is 21.5 Å². The molecule has 1 aromatic heterocycles. The van der Waals surface area contributed by atoms with Crippen molar-refractivity contribution in [2.24, 2.45) is 5.92 Å². The Balaban J connectivity index is 1.44. The first kappa shape index (κ1) is 30.2. The Bertz CT molecular complexity index is 1110. The largest absolute Gasteiger partial charge is 0.421 e. The van der Waals surface area contributed by atoms with Gasteiger partial charge >= 0.3 is 12.4 Å². The SMILES string of the molecule is FC(F)(F)C1CCC2NC1NC(c1ccccn1)CCCCC[C@](OCc1ccccc1)(C(F)(F)F)C1NNC2O1. The van der Waals surface area contributed by atoms with E-state index in [2.05, 4.69) is 26.5 Å². The third-order valence-electron chi connectivity index (χ3n) is 8.22. The molecule has 3 fully saturated rings. The minimum absolute atomic E-state index is 0.0482. The third kappa shape index (κ3) is 6.86. The van der Waals surface area contributed by atoms with Crippen molar-refractivity contribution in [3.05, 3.63) is 66.0 Å². The molecule has 4 N–H and O–H groups in total. The molecular formula is C28H35F6N5O2. The number of alkyl halides is 6. The number of hydrogen-bond acceptors (Lipinski definition) is 7. The first-order valence-electron chi connectivity index (χ1n) is 14.0. The van der Waals surface area contributed by atoms with Crippen LogP contribution in [0.5, 0.6) is 0 Å². The number of hydrazine groups is 1. The fraction of sp³-hybridized carbons (Fsp3) is 0.607. The normalized spacial score (nSPS) is 33.7. The van der Waals surface area contributed by atoms with Gasteiger partial charge in [0.1, 0.15) is 6.23 Å². The molecule has 13 heteroatoms. The summed E-state index contributed by atoms with van der Waals surface area (Å²) in [6, 6.07) is 12.6. The van der Waals surface area contributed by atoms with Gasteiger partial charge < -0.3 is 9.47 Å². The second-order valence-corrected chi connectivity index (χ2v) is 10.9. The van der Waals surface area contributed by atoms with Crippen molar-refractivity contribution >= 4 is 0 Å². The summed E-state index contributed by atoms with van der Waals surface area (Å²) in [5.74, 6) is -1.69. The van der Waals surface area contributed by atoms with Gasteiger partial charge in [0.15, 0.2) is 6.23 Å². The van der Waals surface area contributed by atoms with Crippen LogP contribution in [0.1, 0.15) is 62.2 Å². The number of nitrogens with zero attached hydrogens (tertiary/aromatic N) is 1. The summed E-state index contributed by atoms with van der Waals surface area (Å²) in [6.07, 6.45) is -10.6. The molecule has 7 nitrogen and oxygen atoms in total. The molecule has 0 spiro atoms. The van der Waals surface area contributed by atoms with Crippen molar-refractivity contribution < 1.29 is 35.8 Å². The number of fused-ring (bicyclic) bond motifs is 5. The maximum absolute atomic E-state index is 14.9. The van der Waals surface area contributed by atoms with Gasteiger partial charge in [-0.05, 0) is 43.4 Å². The summed E-state index contributed by atoms with van der Waals surface area (Å²) in [4.78, 5) is 4.36. The number of benzene rings is 1. The van der Waals surface area contributed by atoms with Crippen LogP contribution in [-0.2, 0) is 16.1 Å². The molecule has 0 amide bonds. The Labute approximate surface area is 234 Å². The zero-order chi connectivity index (χ0) is 29.1. The standard InChI is InChI=1S/C28H35F6N5O2/c29-27(30,31)19-13-14-22-24-38-39-25(41-24)26(28(32,33)34,40-17-18-9-3-1-4-10-18)15-7-2-5-12-21(36-23(19)37-22)20-11-6-8-16-35-20/h1,3-4,6,8-11,16,19,21-25,36-39H,2,5,7,12-15,17H2/t19?,21?,22?,23?,24?,25?,26-/m1/s1. The lowest BCUT2D eigenvalue weighted by Crippen LogP contribution is -2.63. The van der Waals surface area contributed by atoms with E-state index in [1.54, 1.807) is 54.7 Å². The quantitative estimate of drug-likeness (QED) is 0.365. The number of pyridine rings is 1. The van der Waals surface area contributed by atoms with Crippen molar-refractivity contribution in [2.75, 3.05) is 0 Å². The molecule has 0 aliphatic carbocycles. The van der Waals surface area contributed by atoms with E-state index in [4.69, 9.17) is 9.47 Å². The minimum atomic E-state index is -4.80. The van der Waals surface area contributed by atoms with E-state index >= 15 is 0 Å². The number of ether oxygens (including phenoxy) is 2. The van der Waals surface area contributed by atoms with E-state index in [1.165, 1.54) is 0 Å². The van der Waals surface area contributed by atoms with Crippen molar-refractivity contribution in [2.45, 2.75) is 100 Å². The second kappa shape index (κ2) is 12.5. The Hall–Kier alpha value is -2.29. The van der Waals surface area contributed by atoms with Crippen LogP contribution in [0.3, 0.4) is 0 Å². The molecule has 226 valence electrons. The lowest BCUT2D eigenvalue weighted by atomic mass is 9.88. The number of nitrogens with one attached hydrogen (secondary N) is 4. The Morgan fingerprint density at radius 1 is 0.878 bits per heavy atom. The van der Waals surface area contributed by atoms with Gasteiger partial charge in [0.2, 0.25) is 5.60 Å². The van der Waals surface area contributed by atoms with E-state index in [9.17, 15) is 26.3 Å². The molecule has 2 aromatic rings. The highest BCUT2D eigenvalue weighted by atomic mass is 19.4. The van der Waals surface area contributed by atoms with Gasteiger partial charge in [0, 0.05) is 12.2 Å². The first-order chi connectivity index (χ1) is 19.6. The van der Waals surface area contributed by atoms with Crippen LogP contribution in [0.4, 0.5) is 26.3 Å². The van der Waals surface area contributed by atoms with Crippen LogP contribution in [-0.4, -0.2) is 47.6 Å². The van der Waals surface area contributed by atoms with E-state index in [-0.39, 0.29) is 32.3 Å². The van der Waals surface area contributed by atoms with Crippen LogP contribution in [0.15, 0.2) is 54.7 Å². The molecule has 6 unspecified atom stereocenters. The zero-order valence-corrected chi connectivity index (χ0v) is 22.3.